The molecule has 0 saturated carbocycles. The zero-order chi connectivity index (χ0) is 24.0. The van der Waals surface area contributed by atoms with Gasteiger partial charge in [-0.15, -0.1) is 0 Å². The lowest BCUT2D eigenvalue weighted by Gasteiger charge is -2.30. The van der Waals surface area contributed by atoms with E-state index in [0.29, 0.717) is 11.5 Å². The Kier molecular flexibility index (Phi) is 5.52. The van der Waals surface area contributed by atoms with E-state index in [2.05, 4.69) is 4.18 Å². The molecule has 2 aliphatic rings. The SMILES string of the molecule is COC(=O)C1=C(OS(=O)(=O)C(F)(F)F)c2cc(OC)ccc2OC1c1ccc2c(c1)OCO2. The van der Waals surface area contributed by atoms with Gasteiger partial charge in [0.15, 0.2) is 23.4 Å². The second-order valence-electron chi connectivity index (χ2n) is 6.69. The zero-order valence-electron chi connectivity index (χ0n) is 17.0. The summed E-state index contributed by atoms with van der Waals surface area (Å²) in [6.45, 7) is -0.0508. The minimum absolute atomic E-state index is 0.0508. The normalized spacial score (nSPS) is 17.2. The van der Waals surface area contributed by atoms with E-state index in [0.717, 1.165) is 7.11 Å². The van der Waals surface area contributed by atoms with Gasteiger partial charge in [-0.05, 0) is 30.3 Å². The van der Waals surface area contributed by atoms with E-state index >= 15 is 0 Å². The van der Waals surface area contributed by atoms with Crippen LogP contribution in [0.25, 0.3) is 5.76 Å². The number of carbonyl (C=O) groups excluding carboxylic acids is 1. The second kappa shape index (κ2) is 8.06. The van der Waals surface area contributed by atoms with Crippen LogP contribution in [0.4, 0.5) is 13.2 Å². The molecular formula is C20H15F3O9S. The lowest BCUT2D eigenvalue weighted by atomic mass is 9.94. The van der Waals surface area contributed by atoms with Crippen molar-refractivity contribution in [3.63, 3.8) is 0 Å². The Labute approximate surface area is 185 Å². The molecule has 0 bridgehead atoms. The first-order valence-electron chi connectivity index (χ1n) is 9.13. The molecule has 0 fully saturated rings. The van der Waals surface area contributed by atoms with Gasteiger partial charge in [0.25, 0.3) is 0 Å². The Morgan fingerprint density at radius 1 is 1.03 bits per heavy atom. The number of fused-ring (bicyclic) bond motifs is 2. The van der Waals surface area contributed by atoms with Crippen molar-refractivity contribution >= 4 is 21.8 Å². The summed E-state index contributed by atoms with van der Waals surface area (Å²) in [5.74, 6) is -1.28. The van der Waals surface area contributed by atoms with Gasteiger partial charge in [-0.1, -0.05) is 6.07 Å². The number of hydrogen-bond donors (Lipinski definition) is 0. The number of benzene rings is 2. The van der Waals surface area contributed by atoms with E-state index in [1.165, 1.54) is 43.5 Å². The highest BCUT2D eigenvalue weighted by atomic mass is 32.2. The number of methoxy groups -OCH3 is 2. The highest BCUT2D eigenvalue weighted by Crippen LogP contribution is 2.47. The van der Waals surface area contributed by atoms with Crippen molar-refractivity contribution in [3.8, 4) is 23.0 Å². The average molecular weight is 488 g/mol. The fraction of sp³-hybridized carbons (Fsp3) is 0.250. The fourth-order valence-electron chi connectivity index (χ4n) is 3.23. The number of esters is 1. The topological polar surface area (TPSA) is 107 Å². The summed E-state index contributed by atoms with van der Waals surface area (Å²) in [7, 11) is -3.89. The molecule has 4 rings (SSSR count). The van der Waals surface area contributed by atoms with Crippen LogP contribution in [0.15, 0.2) is 42.0 Å². The van der Waals surface area contributed by atoms with E-state index in [4.69, 9.17) is 23.7 Å². The van der Waals surface area contributed by atoms with Crippen LogP contribution in [0.3, 0.4) is 0 Å². The molecule has 0 aromatic heterocycles. The monoisotopic (exact) mass is 488 g/mol. The average Bonchev–Trinajstić information content (AvgIpc) is 3.25. The predicted molar refractivity (Wildman–Crippen MR) is 104 cm³/mol. The van der Waals surface area contributed by atoms with Crippen LogP contribution in [-0.2, 0) is 23.8 Å². The van der Waals surface area contributed by atoms with Crippen molar-refractivity contribution in [1.29, 1.82) is 0 Å². The van der Waals surface area contributed by atoms with Gasteiger partial charge >= 0.3 is 21.6 Å². The third kappa shape index (κ3) is 3.99. The maximum Gasteiger partial charge on any atom is 0.534 e. The molecular weight excluding hydrogens is 473 g/mol. The van der Waals surface area contributed by atoms with Gasteiger partial charge in [0, 0.05) is 5.56 Å². The number of alkyl halides is 3. The lowest BCUT2D eigenvalue weighted by molar-refractivity contribution is -0.137. The summed E-state index contributed by atoms with van der Waals surface area (Å²) < 4.78 is 93.9. The van der Waals surface area contributed by atoms with Gasteiger partial charge in [-0.25, -0.2) is 4.79 Å². The first kappa shape index (κ1) is 22.6. The minimum atomic E-state index is -6.16. The van der Waals surface area contributed by atoms with Gasteiger partial charge in [0.1, 0.15) is 17.1 Å². The van der Waals surface area contributed by atoms with Crippen LogP contribution in [0.5, 0.6) is 23.0 Å². The van der Waals surface area contributed by atoms with Gasteiger partial charge in [0.2, 0.25) is 6.79 Å². The molecule has 0 aliphatic carbocycles. The molecule has 1 atom stereocenters. The maximum absolute atomic E-state index is 13.2. The quantitative estimate of drug-likeness (QED) is 0.356. The summed E-state index contributed by atoms with van der Waals surface area (Å²) in [6.07, 6.45) is -1.40. The maximum atomic E-state index is 13.2. The second-order valence-corrected chi connectivity index (χ2v) is 8.23. The molecule has 2 aromatic carbocycles. The zero-order valence-corrected chi connectivity index (χ0v) is 17.8. The Balaban J connectivity index is 1.96. The van der Waals surface area contributed by atoms with Crippen molar-refractivity contribution in [3.05, 3.63) is 53.1 Å². The standard InChI is InChI=1S/C20H15F3O9S/c1-27-11-4-6-13-12(8-11)18(32-33(25,26)20(21,22)23)16(19(24)28-2)17(31-13)10-3-5-14-15(7-10)30-9-29-14/h3-8,17H,9H2,1-2H3. The van der Waals surface area contributed by atoms with E-state index in [9.17, 15) is 26.4 Å². The summed E-state index contributed by atoms with van der Waals surface area (Å²) in [4.78, 5) is 12.7. The number of rotatable bonds is 5. The molecule has 0 saturated heterocycles. The number of hydrogen-bond acceptors (Lipinski definition) is 9. The van der Waals surface area contributed by atoms with Gasteiger partial charge in [0.05, 0.1) is 19.8 Å². The van der Waals surface area contributed by atoms with Crippen LogP contribution in [0, 0.1) is 0 Å². The van der Waals surface area contributed by atoms with Crippen LogP contribution >= 0.6 is 0 Å². The van der Waals surface area contributed by atoms with Crippen molar-refractivity contribution in [2.75, 3.05) is 21.0 Å². The Bertz CT molecular complexity index is 1250. The van der Waals surface area contributed by atoms with Crippen molar-refractivity contribution in [2.45, 2.75) is 11.6 Å². The van der Waals surface area contributed by atoms with Crippen molar-refractivity contribution in [2.24, 2.45) is 0 Å². The van der Waals surface area contributed by atoms with E-state index in [-0.39, 0.29) is 29.4 Å². The lowest BCUT2D eigenvalue weighted by Crippen LogP contribution is -2.29. The summed E-state index contributed by atoms with van der Waals surface area (Å²) in [6, 6.07) is 8.38. The van der Waals surface area contributed by atoms with Crippen LogP contribution < -0.4 is 18.9 Å². The van der Waals surface area contributed by atoms with Gasteiger partial charge in [-0.3, -0.25) is 0 Å². The Hall–Kier alpha value is -3.61. The highest BCUT2D eigenvalue weighted by molar-refractivity contribution is 7.87. The van der Waals surface area contributed by atoms with E-state index in [1.54, 1.807) is 0 Å². The molecule has 2 heterocycles. The van der Waals surface area contributed by atoms with E-state index < -0.39 is 39.0 Å². The molecule has 1 unspecified atom stereocenters. The molecule has 0 spiro atoms. The first-order valence-corrected chi connectivity index (χ1v) is 10.5. The van der Waals surface area contributed by atoms with E-state index in [1.807, 2.05) is 0 Å². The van der Waals surface area contributed by atoms with Gasteiger partial charge in [-0.2, -0.15) is 21.6 Å². The predicted octanol–water partition coefficient (Wildman–Crippen LogP) is 3.31. The largest absolute Gasteiger partial charge is 0.534 e. The highest BCUT2D eigenvalue weighted by Gasteiger charge is 2.51. The summed E-state index contributed by atoms with van der Waals surface area (Å²) >= 11 is 0. The van der Waals surface area contributed by atoms with Crippen molar-refractivity contribution in [1.82, 2.24) is 0 Å². The van der Waals surface area contributed by atoms with Crippen LogP contribution in [-0.4, -0.2) is 40.9 Å². The first-order chi connectivity index (χ1) is 15.6. The number of carbonyl (C=O) groups is 1. The molecule has 33 heavy (non-hydrogen) atoms. The smallest absolute Gasteiger partial charge is 0.497 e. The molecule has 176 valence electrons. The van der Waals surface area contributed by atoms with Crippen molar-refractivity contribution < 1.29 is 54.3 Å². The third-order valence-corrected chi connectivity index (χ3v) is 5.72. The summed E-state index contributed by atoms with van der Waals surface area (Å²) in [5, 5.41) is 0. The molecule has 13 heteroatoms. The molecule has 2 aliphatic heterocycles. The Morgan fingerprint density at radius 2 is 1.73 bits per heavy atom. The van der Waals surface area contributed by atoms with Gasteiger partial charge < -0.3 is 27.9 Å². The number of halogens is 3. The summed E-state index contributed by atoms with van der Waals surface area (Å²) in [5.41, 5.74) is -6.37. The third-order valence-electron chi connectivity index (χ3n) is 4.76. The van der Waals surface area contributed by atoms with Crippen LogP contribution in [0.2, 0.25) is 0 Å². The molecule has 2 aromatic rings. The molecule has 0 N–H and O–H groups in total. The Morgan fingerprint density at radius 3 is 2.39 bits per heavy atom. The minimum Gasteiger partial charge on any atom is -0.497 e. The molecule has 0 amide bonds. The fourth-order valence-corrected chi connectivity index (χ4v) is 3.73. The molecule has 9 nitrogen and oxygen atoms in total. The molecule has 0 radical (unpaired) electrons. The van der Waals surface area contributed by atoms with Crippen LogP contribution in [0.1, 0.15) is 17.2 Å². The number of ether oxygens (including phenoxy) is 5.